The summed E-state index contributed by atoms with van der Waals surface area (Å²) in [4.78, 5) is 33.0. The maximum Gasteiger partial charge on any atom is 0.363 e. The van der Waals surface area contributed by atoms with Gasteiger partial charge in [0.1, 0.15) is 23.6 Å². The summed E-state index contributed by atoms with van der Waals surface area (Å²) in [5.41, 5.74) is 0.471. The van der Waals surface area contributed by atoms with E-state index in [1.54, 1.807) is 49.4 Å². The zero-order chi connectivity index (χ0) is 29.4. The van der Waals surface area contributed by atoms with Gasteiger partial charge in [-0.3, -0.25) is 9.69 Å². The van der Waals surface area contributed by atoms with Gasteiger partial charge in [-0.05, 0) is 80.9 Å². The molecule has 0 saturated carbocycles. The number of halogens is 2. The van der Waals surface area contributed by atoms with E-state index in [0.717, 1.165) is 42.6 Å². The Morgan fingerprint density at radius 3 is 2.34 bits per heavy atom. The predicted molar refractivity (Wildman–Crippen MR) is 160 cm³/mol. The molecule has 3 aromatic carbocycles. The SMILES string of the molecule is CC(=O)N(OC(=O)c1ccccc1)c1cc(Cl)ccc1OC[C@@](C)(O)CNC1CCN(Cc2ccc(Cl)cc2)CC1. The zero-order valence-corrected chi connectivity index (χ0v) is 24.7. The summed E-state index contributed by atoms with van der Waals surface area (Å²) in [6, 6.07) is 21.2. The van der Waals surface area contributed by atoms with E-state index in [1.807, 2.05) is 12.1 Å². The molecule has 0 spiro atoms. The third-order valence-electron chi connectivity index (χ3n) is 6.83. The second-order valence-corrected chi connectivity index (χ2v) is 11.4. The molecular formula is C31H35Cl2N3O5. The highest BCUT2D eigenvalue weighted by molar-refractivity contribution is 6.31. The van der Waals surface area contributed by atoms with E-state index in [2.05, 4.69) is 22.3 Å². The highest BCUT2D eigenvalue weighted by Crippen LogP contribution is 2.33. The average molecular weight is 601 g/mol. The van der Waals surface area contributed by atoms with Crippen LogP contribution in [-0.2, 0) is 16.2 Å². The van der Waals surface area contributed by atoms with Gasteiger partial charge in [0.05, 0.1) is 5.56 Å². The number of anilines is 1. The Kier molecular flexibility index (Phi) is 10.6. The Morgan fingerprint density at radius 2 is 1.68 bits per heavy atom. The highest BCUT2D eigenvalue weighted by atomic mass is 35.5. The molecule has 0 aromatic heterocycles. The molecule has 2 N–H and O–H groups in total. The molecule has 1 fully saturated rings. The van der Waals surface area contributed by atoms with Crippen LogP contribution in [0.3, 0.4) is 0 Å². The van der Waals surface area contributed by atoms with Crippen LogP contribution in [0.2, 0.25) is 10.0 Å². The quantitative estimate of drug-likeness (QED) is 0.297. The number of piperidine rings is 1. The van der Waals surface area contributed by atoms with Crippen molar-refractivity contribution < 1.29 is 24.3 Å². The number of benzene rings is 3. The van der Waals surface area contributed by atoms with Crippen molar-refractivity contribution in [3.05, 3.63) is 94.0 Å². The first-order valence-electron chi connectivity index (χ1n) is 13.5. The molecule has 10 heteroatoms. The molecule has 0 aliphatic carbocycles. The average Bonchev–Trinajstić information content (AvgIpc) is 2.96. The predicted octanol–water partition coefficient (Wildman–Crippen LogP) is 5.50. The number of nitrogens with zero attached hydrogens (tertiary/aromatic N) is 2. The summed E-state index contributed by atoms with van der Waals surface area (Å²) in [5.74, 6) is -1.01. The van der Waals surface area contributed by atoms with E-state index in [-0.39, 0.29) is 29.6 Å². The largest absolute Gasteiger partial charge is 0.488 e. The Morgan fingerprint density at radius 1 is 1.02 bits per heavy atom. The molecule has 0 bridgehead atoms. The van der Waals surface area contributed by atoms with Crippen molar-refractivity contribution in [1.29, 1.82) is 0 Å². The number of rotatable bonds is 10. The first-order chi connectivity index (χ1) is 19.6. The van der Waals surface area contributed by atoms with Gasteiger partial charge in [0.15, 0.2) is 0 Å². The third kappa shape index (κ3) is 9.18. The van der Waals surface area contributed by atoms with Crippen LogP contribution in [0.25, 0.3) is 0 Å². The lowest BCUT2D eigenvalue weighted by Crippen LogP contribution is -2.49. The highest BCUT2D eigenvalue weighted by Gasteiger charge is 2.28. The van der Waals surface area contributed by atoms with Gasteiger partial charge in [-0.15, -0.1) is 5.06 Å². The van der Waals surface area contributed by atoms with Gasteiger partial charge < -0.3 is 20.0 Å². The van der Waals surface area contributed by atoms with Crippen LogP contribution in [-0.4, -0.2) is 59.8 Å². The standard InChI is InChI=1S/C31H35Cl2N3O5/c1-22(37)36(41-30(38)24-6-4-3-5-7-24)28-18-26(33)12-13-29(28)40-21-31(2,39)20-34-27-14-16-35(17-15-27)19-23-8-10-25(32)11-9-23/h3-13,18,27,34,39H,14-17,19-21H2,1-2H3/t31-/m0/s1. The molecule has 1 aliphatic heterocycles. The van der Waals surface area contributed by atoms with Crippen molar-refractivity contribution in [2.75, 3.05) is 31.3 Å². The van der Waals surface area contributed by atoms with Gasteiger partial charge >= 0.3 is 5.97 Å². The first kappa shape index (κ1) is 30.8. The number of hydrogen-bond acceptors (Lipinski definition) is 7. The molecule has 1 amide bonds. The second-order valence-electron chi connectivity index (χ2n) is 10.5. The van der Waals surface area contributed by atoms with E-state index in [0.29, 0.717) is 11.6 Å². The zero-order valence-electron chi connectivity index (χ0n) is 23.2. The lowest BCUT2D eigenvalue weighted by molar-refractivity contribution is -0.122. The van der Waals surface area contributed by atoms with Gasteiger partial charge in [-0.2, -0.15) is 0 Å². The van der Waals surface area contributed by atoms with Crippen LogP contribution < -0.4 is 15.1 Å². The minimum atomic E-state index is -1.21. The van der Waals surface area contributed by atoms with Crippen molar-refractivity contribution in [3.8, 4) is 5.75 Å². The van der Waals surface area contributed by atoms with Gasteiger partial charge in [-0.25, -0.2) is 4.79 Å². The number of aliphatic hydroxyl groups is 1. The number of hydroxylamine groups is 1. The van der Waals surface area contributed by atoms with Crippen molar-refractivity contribution in [2.24, 2.45) is 0 Å². The maximum absolute atomic E-state index is 12.7. The molecule has 41 heavy (non-hydrogen) atoms. The van der Waals surface area contributed by atoms with Gasteiger partial charge in [0, 0.05) is 36.1 Å². The van der Waals surface area contributed by atoms with Crippen molar-refractivity contribution in [1.82, 2.24) is 10.2 Å². The molecule has 1 heterocycles. The number of hydrogen-bond donors (Lipinski definition) is 2. The molecule has 4 rings (SSSR count). The third-order valence-corrected chi connectivity index (χ3v) is 7.31. The van der Waals surface area contributed by atoms with Gasteiger partial charge in [0.2, 0.25) is 0 Å². The summed E-state index contributed by atoms with van der Waals surface area (Å²) in [6.07, 6.45) is 1.93. The van der Waals surface area contributed by atoms with Crippen LogP contribution in [0.4, 0.5) is 5.69 Å². The molecular weight excluding hydrogens is 565 g/mol. The smallest absolute Gasteiger partial charge is 0.363 e. The van der Waals surface area contributed by atoms with Gasteiger partial charge in [-0.1, -0.05) is 53.5 Å². The number of likely N-dealkylation sites (tertiary alicyclic amines) is 1. The summed E-state index contributed by atoms with van der Waals surface area (Å²) >= 11 is 12.2. The number of amides is 1. The molecule has 8 nitrogen and oxygen atoms in total. The normalized spacial score (nSPS) is 15.6. The van der Waals surface area contributed by atoms with Crippen LogP contribution in [0.5, 0.6) is 5.75 Å². The fourth-order valence-electron chi connectivity index (χ4n) is 4.56. The summed E-state index contributed by atoms with van der Waals surface area (Å²) < 4.78 is 5.96. The number of carbonyl (C=O) groups excluding carboxylic acids is 2. The van der Waals surface area contributed by atoms with Crippen LogP contribution >= 0.6 is 23.2 Å². The van der Waals surface area contributed by atoms with Crippen molar-refractivity contribution in [3.63, 3.8) is 0 Å². The van der Waals surface area contributed by atoms with Crippen molar-refractivity contribution >= 4 is 40.8 Å². The maximum atomic E-state index is 12.7. The van der Waals surface area contributed by atoms with Crippen LogP contribution in [0.15, 0.2) is 72.8 Å². The van der Waals surface area contributed by atoms with E-state index < -0.39 is 17.5 Å². The van der Waals surface area contributed by atoms with Gasteiger partial charge in [0.25, 0.3) is 5.91 Å². The summed E-state index contributed by atoms with van der Waals surface area (Å²) in [7, 11) is 0. The Labute approximate surface area is 250 Å². The van der Waals surface area contributed by atoms with E-state index >= 15 is 0 Å². The minimum absolute atomic E-state index is 0.0670. The lowest BCUT2D eigenvalue weighted by Gasteiger charge is -2.34. The number of ether oxygens (including phenoxy) is 1. The lowest BCUT2D eigenvalue weighted by atomic mass is 10.0. The van der Waals surface area contributed by atoms with E-state index in [1.165, 1.54) is 18.6 Å². The Hall–Kier alpha value is -3.14. The van der Waals surface area contributed by atoms with E-state index in [9.17, 15) is 14.7 Å². The molecule has 218 valence electrons. The minimum Gasteiger partial charge on any atom is -0.488 e. The fraction of sp³-hybridized carbons (Fsp3) is 0.355. The molecule has 0 radical (unpaired) electrons. The monoisotopic (exact) mass is 599 g/mol. The van der Waals surface area contributed by atoms with Crippen LogP contribution in [0, 0.1) is 0 Å². The summed E-state index contributed by atoms with van der Waals surface area (Å²) in [5, 5.41) is 16.4. The fourth-order valence-corrected chi connectivity index (χ4v) is 4.85. The second kappa shape index (κ2) is 14.2. The first-order valence-corrected chi connectivity index (χ1v) is 14.3. The Bertz CT molecular complexity index is 1310. The molecule has 1 atom stereocenters. The Balaban J connectivity index is 1.31. The van der Waals surface area contributed by atoms with E-state index in [4.69, 9.17) is 32.8 Å². The van der Waals surface area contributed by atoms with Crippen molar-refractivity contribution in [2.45, 2.75) is 44.9 Å². The molecule has 3 aromatic rings. The molecule has 0 unspecified atom stereocenters. The number of carbonyl (C=O) groups is 2. The van der Waals surface area contributed by atoms with Crippen LogP contribution in [0.1, 0.15) is 42.6 Å². The number of nitrogens with one attached hydrogen (secondary N) is 1. The summed E-state index contributed by atoms with van der Waals surface area (Å²) in [6.45, 7) is 5.99. The molecule has 1 aliphatic rings. The topological polar surface area (TPSA) is 91.3 Å². The molecule has 1 saturated heterocycles.